The Morgan fingerprint density at radius 2 is 2.14 bits per heavy atom. The number of aryl methyl sites for hydroxylation is 1. The van der Waals surface area contributed by atoms with Gasteiger partial charge in [0.1, 0.15) is 0 Å². The van der Waals surface area contributed by atoms with Crippen molar-refractivity contribution in [3.05, 3.63) is 39.4 Å². The number of nitro groups is 1. The largest absolute Gasteiger partial charge is 0.352 e. The molecule has 1 aliphatic rings. The lowest BCUT2D eigenvalue weighted by Crippen LogP contribution is -2.35. The van der Waals surface area contributed by atoms with Crippen molar-refractivity contribution in [1.82, 2.24) is 5.32 Å². The van der Waals surface area contributed by atoms with Crippen LogP contribution < -0.4 is 5.32 Å². The number of nitrogens with zero attached hydrogens (tertiary/aromatic N) is 1. The number of alkyl halides is 1. The lowest BCUT2D eigenvalue weighted by atomic mass is 9.88. The molecule has 0 aliphatic heterocycles. The van der Waals surface area contributed by atoms with Crippen LogP contribution in [0.15, 0.2) is 18.2 Å². The highest BCUT2D eigenvalue weighted by molar-refractivity contribution is 6.20. The summed E-state index contributed by atoms with van der Waals surface area (Å²) in [6.45, 7) is 2.26. The van der Waals surface area contributed by atoms with Crippen LogP contribution in [0.25, 0.3) is 0 Å². The topological polar surface area (TPSA) is 72.2 Å². The van der Waals surface area contributed by atoms with Gasteiger partial charge in [-0.3, -0.25) is 14.9 Å². The summed E-state index contributed by atoms with van der Waals surface area (Å²) in [5, 5.41) is 13.7. The number of hydrogen-bond acceptors (Lipinski definition) is 3. The van der Waals surface area contributed by atoms with Crippen LogP contribution in [0.5, 0.6) is 0 Å². The number of carbonyl (C=O) groups excluding carboxylic acids is 1. The maximum Gasteiger partial charge on any atom is 0.269 e. The van der Waals surface area contributed by atoms with Crippen LogP contribution in [0.4, 0.5) is 5.69 Å². The van der Waals surface area contributed by atoms with E-state index in [1.165, 1.54) is 18.2 Å². The van der Waals surface area contributed by atoms with E-state index < -0.39 is 4.92 Å². The van der Waals surface area contributed by atoms with Crippen molar-refractivity contribution in [2.24, 2.45) is 5.92 Å². The van der Waals surface area contributed by atoms with Crippen molar-refractivity contribution >= 4 is 23.2 Å². The van der Waals surface area contributed by atoms with Crippen LogP contribution in [-0.4, -0.2) is 22.8 Å². The molecular weight excluding hydrogens is 292 g/mol. The van der Waals surface area contributed by atoms with Crippen LogP contribution in [0, 0.1) is 23.0 Å². The minimum Gasteiger partial charge on any atom is -0.352 e. The van der Waals surface area contributed by atoms with Gasteiger partial charge in [0.15, 0.2) is 0 Å². The van der Waals surface area contributed by atoms with Crippen LogP contribution in [0.3, 0.4) is 0 Å². The van der Waals surface area contributed by atoms with E-state index in [-0.39, 0.29) is 17.0 Å². The Bertz CT molecular complexity index is 548. The number of amides is 1. The number of hydrogen-bond donors (Lipinski definition) is 1. The molecule has 0 bridgehead atoms. The Kier molecular flexibility index (Phi) is 5.17. The molecule has 114 valence electrons. The van der Waals surface area contributed by atoms with E-state index in [1.54, 1.807) is 6.92 Å². The van der Waals surface area contributed by atoms with Gasteiger partial charge < -0.3 is 5.32 Å². The standard InChI is InChI=1S/C15H19ClN2O3/c1-10-8-12(18(20)21)6-7-13(10)15(19)17-9-11-4-2-3-5-14(11)16/h6-8,11,14H,2-5,9H2,1H3,(H,17,19). The first kappa shape index (κ1) is 15.8. The maximum absolute atomic E-state index is 12.2. The lowest BCUT2D eigenvalue weighted by Gasteiger charge is -2.27. The third-order valence-corrected chi connectivity index (χ3v) is 4.58. The summed E-state index contributed by atoms with van der Waals surface area (Å²) in [4.78, 5) is 22.4. The van der Waals surface area contributed by atoms with Gasteiger partial charge >= 0.3 is 0 Å². The normalized spacial score (nSPS) is 21.8. The van der Waals surface area contributed by atoms with E-state index in [4.69, 9.17) is 11.6 Å². The highest BCUT2D eigenvalue weighted by Gasteiger charge is 2.24. The number of benzene rings is 1. The average Bonchev–Trinajstić information content (AvgIpc) is 2.46. The molecule has 0 spiro atoms. The molecule has 5 nitrogen and oxygen atoms in total. The van der Waals surface area contributed by atoms with Crippen LogP contribution in [-0.2, 0) is 0 Å². The molecule has 1 aliphatic carbocycles. The molecule has 2 unspecified atom stereocenters. The molecule has 1 fully saturated rings. The molecule has 6 heteroatoms. The number of non-ortho nitro benzene ring substituents is 1. The molecule has 0 aromatic heterocycles. The van der Waals surface area contributed by atoms with Crippen LogP contribution >= 0.6 is 11.6 Å². The molecule has 1 saturated carbocycles. The second-order valence-electron chi connectivity index (χ2n) is 5.53. The molecule has 1 amide bonds. The average molecular weight is 311 g/mol. The highest BCUT2D eigenvalue weighted by atomic mass is 35.5. The Hall–Kier alpha value is -1.62. The first-order valence-corrected chi connectivity index (χ1v) is 7.60. The molecule has 21 heavy (non-hydrogen) atoms. The van der Waals surface area contributed by atoms with Crippen molar-refractivity contribution in [2.45, 2.75) is 38.0 Å². The number of rotatable bonds is 4. The van der Waals surface area contributed by atoms with E-state index in [9.17, 15) is 14.9 Å². The zero-order valence-corrected chi connectivity index (χ0v) is 12.7. The third-order valence-electron chi connectivity index (χ3n) is 4.01. The zero-order chi connectivity index (χ0) is 15.4. The van der Waals surface area contributed by atoms with Gasteiger partial charge in [-0.25, -0.2) is 0 Å². The number of nitro benzene ring substituents is 1. The summed E-state index contributed by atoms with van der Waals surface area (Å²) in [7, 11) is 0. The lowest BCUT2D eigenvalue weighted by molar-refractivity contribution is -0.384. The molecule has 0 heterocycles. The Morgan fingerprint density at radius 3 is 2.76 bits per heavy atom. The van der Waals surface area contributed by atoms with Crippen molar-refractivity contribution in [3.8, 4) is 0 Å². The van der Waals surface area contributed by atoms with Gasteiger partial charge in [0.2, 0.25) is 0 Å². The summed E-state index contributed by atoms with van der Waals surface area (Å²) in [6, 6.07) is 4.27. The molecular formula is C15H19ClN2O3. The van der Waals surface area contributed by atoms with Crippen molar-refractivity contribution in [3.63, 3.8) is 0 Å². The minimum absolute atomic E-state index is 0.00264. The van der Waals surface area contributed by atoms with Gasteiger partial charge in [-0.1, -0.05) is 12.8 Å². The van der Waals surface area contributed by atoms with Gasteiger partial charge in [-0.05, 0) is 37.3 Å². The molecule has 2 rings (SSSR count). The van der Waals surface area contributed by atoms with Crippen molar-refractivity contribution in [1.29, 1.82) is 0 Å². The van der Waals surface area contributed by atoms with E-state index in [0.29, 0.717) is 23.6 Å². The maximum atomic E-state index is 12.2. The molecule has 1 aromatic carbocycles. The fourth-order valence-corrected chi connectivity index (χ4v) is 3.10. The molecule has 1 aromatic rings. The van der Waals surface area contributed by atoms with Crippen LogP contribution in [0.1, 0.15) is 41.6 Å². The second-order valence-corrected chi connectivity index (χ2v) is 6.09. The van der Waals surface area contributed by atoms with Gasteiger partial charge in [-0.2, -0.15) is 0 Å². The third kappa shape index (κ3) is 3.94. The molecule has 0 radical (unpaired) electrons. The fourth-order valence-electron chi connectivity index (χ4n) is 2.73. The highest BCUT2D eigenvalue weighted by Crippen LogP contribution is 2.28. The van der Waals surface area contributed by atoms with E-state index >= 15 is 0 Å². The number of carbonyl (C=O) groups is 1. The zero-order valence-electron chi connectivity index (χ0n) is 12.0. The quantitative estimate of drug-likeness (QED) is 0.526. The van der Waals surface area contributed by atoms with Crippen molar-refractivity contribution in [2.75, 3.05) is 6.54 Å². The molecule has 1 N–H and O–H groups in total. The van der Waals surface area contributed by atoms with E-state index in [0.717, 1.165) is 25.7 Å². The number of halogens is 1. The predicted octanol–water partition coefficient (Wildman–Crippen LogP) is 3.43. The van der Waals surface area contributed by atoms with Gasteiger partial charge in [-0.15, -0.1) is 11.6 Å². The molecule has 2 atom stereocenters. The first-order chi connectivity index (χ1) is 9.99. The summed E-state index contributed by atoms with van der Waals surface area (Å²) < 4.78 is 0. The smallest absolute Gasteiger partial charge is 0.269 e. The Labute approximate surface area is 128 Å². The summed E-state index contributed by atoms with van der Waals surface area (Å²) in [6.07, 6.45) is 4.34. The predicted molar refractivity (Wildman–Crippen MR) is 81.8 cm³/mol. The van der Waals surface area contributed by atoms with Gasteiger partial charge in [0.25, 0.3) is 11.6 Å². The number of nitrogens with one attached hydrogen (secondary N) is 1. The summed E-state index contributed by atoms with van der Waals surface area (Å²) in [5.41, 5.74) is 1.08. The monoisotopic (exact) mass is 310 g/mol. The van der Waals surface area contributed by atoms with Gasteiger partial charge in [0.05, 0.1) is 4.92 Å². The first-order valence-electron chi connectivity index (χ1n) is 7.16. The fraction of sp³-hybridized carbons (Fsp3) is 0.533. The summed E-state index contributed by atoms with van der Waals surface area (Å²) >= 11 is 6.27. The van der Waals surface area contributed by atoms with Gasteiger partial charge in [0, 0.05) is 29.6 Å². The van der Waals surface area contributed by atoms with E-state index in [2.05, 4.69) is 5.32 Å². The Morgan fingerprint density at radius 1 is 1.43 bits per heavy atom. The Balaban J connectivity index is 1.98. The minimum atomic E-state index is -0.463. The SMILES string of the molecule is Cc1cc([N+](=O)[O-])ccc1C(=O)NCC1CCCCC1Cl. The summed E-state index contributed by atoms with van der Waals surface area (Å²) in [5.74, 6) is 0.111. The van der Waals surface area contributed by atoms with Crippen LogP contribution in [0.2, 0.25) is 0 Å². The van der Waals surface area contributed by atoms with E-state index in [1.807, 2.05) is 0 Å². The second kappa shape index (κ2) is 6.89. The molecule has 0 saturated heterocycles. The van der Waals surface area contributed by atoms with Crippen molar-refractivity contribution < 1.29 is 9.72 Å².